The fourth-order valence-electron chi connectivity index (χ4n) is 5.57. The molecule has 0 aliphatic carbocycles. The Morgan fingerprint density at radius 1 is 1.15 bits per heavy atom. The lowest BCUT2D eigenvalue weighted by Crippen LogP contribution is -2.36. The zero-order valence-corrected chi connectivity index (χ0v) is 22.5. The third-order valence-corrected chi connectivity index (χ3v) is 8.60. The SMILES string of the molecule is CCCc1cc2c(N3CCn4c(nnc4C(F)(F)F)C3)nc(NC(Cc3ccccc3)C3CCNC3)nc2s1. The number of nitrogens with one attached hydrogen (secondary N) is 2. The summed E-state index contributed by atoms with van der Waals surface area (Å²) < 4.78 is 41.4. The standard InChI is InChI=1S/C27H31F3N8S/c1-2-6-19-14-20-23(37-11-12-38-22(16-37)35-36-25(38)27(28,29)30)33-26(34-24(20)39-19)32-21(18-9-10-31-15-18)13-17-7-4-3-5-8-17/h3-5,7-8,14,18,21,31H,2,6,9-13,15-16H2,1H3,(H,32,33,34). The first kappa shape index (κ1) is 26.0. The van der Waals surface area contributed by atoms with Gasteiger partial charge in [0.15, 0.2) is 5.82 Å². The van der Waals surface area contributed by atoms with Crippen molar-refractivity contribution in [3.8, 4) is 0 Å². The molecular weight excluding hydrogens is 525 g/mol. The van der Waals surface area contributed by atoms with E-state index >= 15 is 0 Å². The molecule has 2 aliphatic rings. The fraction of sp³-hybridized carbons (Fsp3) is 0.481. The first-order valence-electron chi connectivity index (χ1n) is 13.4. The van der Waals surface area contributed by atoms with Gasteiger partial charge in [0.2, 0.25) is 11.8 Å². The molecule has 206 valence electrons. The average molecular weight is 557 g/mol. The summed E-state index contributed by atoms with van der Waals surface area (Å²) in [6.07, 6.45) is -0.651. The van der Waals surface area contributed by atoms with Crippen molar-refractivity contribution in [2.75, 3.05) is 29.9 Å². The number of nitrogens with zero attached hydrogens (tertiary/aromatic N) is 6. The van der Waals surface area contributed by atoms with E-state index in [1.807, 2.05) is 11.0 Å². The van der Waals surface area contributed by atoms with E-state index in [1.165, 1.54) is 15.0 Å². The molecule has 39 heavy (non-hydrogen) atoms. The van der Waals surface area contributed by atoms with Crippen LogP contribution in [0.15, 0.2) is 36.4 Å². The van der Waals surface area contributed by atoms with Gasteiger partial charge in [-0.15, -0.1) is 21.5 Å². The van der Waals surface area contributed by atoms with E-state index < -0.39 is 12.0 Å². The highest BCUT2D eigenvalue weighted by atomic mass is 32.1. The van der Waals surface area contributed by atoms with Crippen LogP contribution < -0.4 is 15.5 Å². The van der Waals surface area contributed by atoms with Crippen molar-refractivity contribution in [2.45, 2.75) is 57.9 Å². The summed E-state index contributed by atoms with van der Waals surface area (Å²) in [5.74, 6) is 1.06. The molecule has 2 atom stereocenters. The van der Waals surface area contributed by atoms with Crippen molar-refractivity contribution in [3.63, 3.8) is 0 Å². The van der Waals surface area contributed by atoms with Gasteiger partial charge >= 0.3 is 6.18 Å². The van der Waals surface area contributed by atoms with Crippen molar-refractivity contribution in [1.82, 2.24) is 30.0 Å². The number of hydrogen-bond donors (Lipinski definition) is 2. The van der Waals surface area contributed by atoms with E-state index in [0.29, 0.717) is 18.4 Å². The number of halogens is 3. The summed E-state index contributed by atoms with van der Waals surface area (Å²) >= 11 is 1.66. The van der Waals surface area contributed by atoms with Gasteiger partial charge in [-0.3, -0.25) is 0 Å². The lowest BCUT2D eigenvalue weighted by atomic mass is 9.93. The van der Waals surface area contributed by atoms with Crippen molar-refractivity contribution >= 4 is 33.3 Å². The van der Waals surface area contributed by atoms with Crippen molar-refractivity contribution in [1.29, 1.82) is 0 Å². The Balaban J connectivity index is 1.34. The molecule has 12 heteroatoms. The quantitative estimate of drug-likeness (QED) is 0.319. The van der Waals surface area contributed by atoms with Crippen molar-refractivity contribution in [3.05, 3.63) is 58.5 Å². The Labute approximate surface area is 228 Å². The lowest BCUT2D eigenvalue weighted by Gasteiger charge is -2.30. The number of alkyl halides is 3. The van der Waals surface area contributed by atoms with E-state index in [0.717, 1.165) is 54.8 Å². The molecule has 4 aromatic rings. The molecule has 5 heterocycles. The molecule has 0 saturated carbocycles. The average Bonchev–Trinajstić information content (AvgIpc) is 3.67. The number of anilines is 2. The number of aryl methyl sites for hydroxylation is 1. The van der Waals surface area contributed by atoms with Gasteiger partial charge in [0.1, 0.15) is 10.6 Å². The minimum absolute atomic E-state index is 0.140. The zero-order valence-electron chi connectivity index (χ0n) is 21.7. The maximum atomic E-state index is 13.4. The molecule has 0 amide bonds. The van der Waals surface area contributed by atoms with Crippen LogP contribution in [0.4, 0.5) is 24.9 Å². The van der Waals surface area contributed by atoms with Crippen molar-refractivity contribution in [2.24, 2.45) is 5.92 Å². The first-order valence-corrected chi connectivity index (χ1v) is 14.3. The summed E-state index contributed by atoms with van der Waals surface area (Å²) in [6.45, 7) is 4.78. The second-order valence-corrected chi connectivity index (χ2v) is 11.4. The Morgan fingerprint density at radius 2 is 2.00 bits per heavy atom. The van der Waals surface area contributed by atoms with Gasteiger partial charge in [-0.05, 0) is 49.9 Å². The van der Waals surface area contributed by atoms with Gasteiger partial charge in [0.25, 0.3) is 0 Å². The number of fused-ring (bicyclic) bond motifs is 2. The minimum Gasteiger partial charge on any atom is -0.351 e. The number of benzene rings is 1. The van der Waals surface area contributed by atoms with E-state index in [1.54, 1.807) is 11.3 Å². The van der Waals surface area contributed by atoms with Crippen LogP contribution in [0.1, 0.15) is 41.9 Å². The Morgan fingerprint density at radius 3 is 2.74 bits per heavy atom. The van der Waals surface area contributed by atoms with Crippen LogP contribution in [0.2, 0.25) is 0 Å². The Kier molecular flexibility index (Phi) is 7.15. The van der Waals surface area contributed by atoms with Crippen LogP contribution in [0, 0.1) is 5.92 Å². The predicted octanol–water partition coefficient (Wildman–Crippen LogP) is 4.91. The van der Waals surface area contributed by atoms with E-state index in [2.05, 4.69) is 58.1 Å². The molecule has 1 saturated heterocycles. The maximum absolute atomic E-state index is 13.4. The fourth-order valence-corrected chi connectivity index (χ4v) is 6.69. The molecule has 0 spiro atoms. The first-order chi connectivity index (χ1) is 18.9. The smallest absolute Gasteiger partial charge is 0.351 e. The molecule has 2 unspecified atom stereocenters. The van der Waals surface area contributed by atoms with Crippen LogP contribution in [0.5, 0.6) is 0 Å². The van der Waals surface area contributed by atoms with Gasteiger partial charge in [-0.1, -0.05) is 43.7 Å². The van der Waals surface area contributed by atoms with Crippen LogP contribution in [0.25, 0.3) is 10.2 Å². The largest absolute Gasteiger partial charge is 0.451 e. The summed E-state index contributed by atoms with van der Waals surface area (Å²) in [4.78, 5) is 14.0. The minimum atomic E-state index is -4.53. The molecule has 1 aromatic carbocycles. The number of rotatable bonds is 8. The molecule has 3 aromatic heterocycles. The van der Waals surface area contributed by atoms with Crippen LogP contribution in [-0.2, 0) is 32.1 Å². The van der Waals surface area contributed by atoms with E-state index in [9.17, 15) is 13.2 Å². The molecule has 0 radical (unpaired) electrons. The van der Waals surface area contributed by atoms with Gasteiger partial charge in [-0.2, -0.15) is 18.2 Å². The normalized spacial score (nSPS) is 18.5. The van der Waals surface area contributed by atoms with E-state index in [-0.39, 0.29) is 25.0 Å². The van der Waals surface area contributed by atoms with Crippen LogP contribution >= 0.6 is 11.3 Å². The van der Waals surface area contributed by atoms with Gasteiger partial charge < -0.3 is 20.1 Å². The third-order valence-electron chi connectivity index (χ3n) is 7.51. The highest BCUT2D eigenvalue weighted by molar-refractivity contribution is 7.18. The van der Waals surface area contributed by atoms with Crippen LogP contribution in [-0.4, -0.2) is 50.4 Å². The molecule has 2 N–H and O–H groups in total. The summed E-state index contributed by atoms with van der Waals surface area (Å²) in [5, 5.41) is 15.4. The molecular formula is C27H31F3N8S. The van der Waals surface area contributed by atoms with Gasteiger partial charge in [-0.25, -0.2) is 4.98 Å². The summed E-state index contributed by atoms with van der Waals surface area (Å²) in [7, 11) is 0. The number of thiophene rings is 1. The maximum Gasteiger partial charge on any atom is 0.451 e. The van der Waals surface area contributed by atoms with E-state index in [4.69, 9.17) is 9.97 Å². The predicted molar refractivity (Wildman–Crippen MR) is 146 cm³/mol. The summed E-state index contributed by atoms with van der Waals surface area (Å²) in [5.41, 5.74) is 1.25. The monoisotopic (exact) mass is 556 g/mol. The topological polar surface area (TPSA) is 83.8 Å². The zero-order chi connectivity index (χ0) is 27.0. The number of hydrogen-bond acceptors (Lipinski definition) is 8. The Hall–Kier alpha value is -3.25. The molecule has 8 nitrogen and oxygen atoms in total. The Bertz CT molecular complexity index is 1430. The summed E-state index contributed by atoms with van der Waals surface area (Å²) in [6, 6.07) is 12.7. The van der Waals surface area contributed by atoms with Gasteiger partial charge in [0, 0.05) is 24.0 Å². The van der Waals surface area contributed by atoms with Gasteiger partial charge in [0.05, 0.1) is 11.9 Å². The molecule has 6 rings (SSSR count). The lowest BCUT2D eigenvalue weighted by molar-refractivity contribution is -0.147. The second-order valence-electron chi connectivity index (χ2n) is 10.3. The highest BCUT2D eigenvalue weighted by Crippen LogP contribution is 2.36. The molecule has 1 fully saturated rings. The highest BCUT2D eigenvalue weighted by Gasteiger charge is 2.40. The molecule has 0 bridgehead atoms. The van der Waals surface area contributed by atoms with Crippen LogP contribution in [0.3, 0.4) is 0 Å². The second kappa shape index (κ2) is 10.7. The number of aromatic nitrogens is 5. The molecule has 2 aliphatic heterocycles. The third kappa shape index (κ3) is 5.44. The van der Waals surface area contributed by atoms with Crippen molar-refractivity contribution < 1.29 is 13.2 Å².